The lowest BCUT2D eigenvalue weighted by Gasteiger charge is -2.05. The summed E-state index contributed by atoms with van der Waals surface area (Å²) in [6.45, 7) is 0. The van der Waals surface area contributed by atoms with E-state index in [-0.39, 0.29) is 0 Å². The first-order valence-electron chi connectivity index (χ1n) is 4.69. The summed E-state index contributed by atoms with van der Waals surface area (Å²) in [5.74, 6) is 0.586. The van der Waals surface area contributed by atoms with E-state index in [2.05, 4.69) is 52.1 Å². The molecule has 0 atom stereocenters. The molecule has 2 rings (SSSR count). The first-order valence-corrected chi connectivity index (χ1v) is 7.09. The van der Waals surface area contributed by atoms with Gasteiger partial charge >= 0.3 is 0 Å². The van der Waals surface area contributed by atoms with Gasteiger partial charge in [-0.05, 0) is 55.8 Å². The van der Waals surface area contributed by atoms with Crippen molar-refractivity contribution in [3.8, 4) is 0 Å². The Balaban J connectivity index is 2.32. The Morgan fingerprint density at radius 3 is 2.71 bits per heavy atom. The predicted molar refractivity (Wildman–Crippen MR) is 75.3 cm³/mol. The molecule has 0 unspecified atom stereocenters. The van der Waals surface area contributed by atoms with Crippen LogP contribution in [0.3, 0.4) is 0 Å². The lowest BCUT2D eigenvalue weighted by Crippen LogP contribution is -1.97. The molecule has 0 amide bonds. The molecule has 0 fully saturated rings. The van der Waals surface area contributed by atoms with Gasteiger partial charge < -0.3 is 5.32 Å². The van der Waals surface area contributed by atoms with Gasteiger partial charge in [0.05, 0.1) is 8.95 Å². The molecule has 4 nitrogen and oxygen atoms in total. The quantitative estimate of drug-likeness (QED) is 0.830. The second-order valence-electron chi connectivity index (χ2n) is 2.99. The van der Waals surface area contributed by atoms with Crippen LogP contribution < -0.4 is 5.32 Å². The third kappa shape index (κ3) is 3.17. The molecular weight excluding hydrogens is 368 g/mol. The van der Waals surface area contributed by atoms with E-state index < -0.39 is 0 Å². The molecule has 2 aromatic heterocycles. The maximum atomic E-state index is 4.36. The normalized spacial score (nSPS) is 10.3. The number of aromatic nitrogens is 3. The van der Waals surface area contributed by atoms with Gasteiger partial charge in [-0.3, -0.25) is 0 Å². The summed E-state index contributed by atoms with van der Waals surface area (Å²) in [6, 6.07) is 3.83. The largest absolute Gasteiger partial charge is 0.357 e. The Hall–Kier alpha value is -0.660. The number of anilines is 1. The van der Waals surface area contributed by atoms with Gasteiger partial charge in [0.2, 0.25) is 5.95 Å². The van der Waals surface area contributed by atoms with Gasteiger partial charge in [-0.1, -0.05) is 0 Å². The lowest BCUT2D eigenvalue weighted by atomic mass is 10.5. The molecule has 0 saturated carbocycles. The molecule has 1 N–H and O–H groups in total. The Morgan fingerprint density at radius 2 is 2.00 bits per heavy atom. The van der Waals surface area contributed by atoms with E-state index in [1.54, 1.807) is 19.4 Å². The van der Waals surface area contributed by atoms with Gasteiger partial charge in [0.25, 0.3) is 0 Å². The minimum atomic E-state index is 0.586. The summed E-state index contributed by atoms with van der Waals surface area (Å²) in [6.07, 6.45) is 3.47. The molecule has 0 spiro atoms. The van der Waals surface area contributed by atoms with Crippen molar-refractivity contribution >= 4 is 49.6 Å². The van der Waals surface area contributed by atoms with Crippen LogP contribution >= 0.6 is 43.6 Å². The van der Waals surface area contributed by atoms with Crippen LogP contribution in [0.2, 0.25) is 0 Å². The zero-order chi connectivity index (χ0) is 12.3. The fourth-order valence-electron chi connectivity index (χ4n) is 1.08. The third-order valence-electron chi connectivity index (χ3n) is 1.85. The molecule has 0 aromatic carbocycles. The molecule has 0 aliphatic carbocycles. The van der Waals surface area contributed by atoms with Crippen LogP contribution in [-0.2, 0) is 0 Å². The summed E-state index contributed by atoms with van der Waals surface area (Å²) < 4.78 is 1.79. The van der Waals surface area contributed by atoms with Crippen LogP contribution in [-0.4, -0.2) is 22.0 Å². The Labute approximate surface area is 120 Å². The number of pyridine rings is 1. The van der Waals surface area contributed by atoms with Gasteiger partial charge in [-0.25, -0.2) is 15.0 Å². The number of rotatable bonds is 3. The highest BCUT2D eigenvalue weighted by atomic mass is 79.9. The molecule has 0 radical (unpaired) electrons. The minimum absolute atomic E-state index is 0.586. The van der Waals surface area contributed by atoms with Crippen LogP contribution in [0.25, 0.3) is 0 Å². The van der Waals surface area contributed by atoms with Crippen molar-refractivity contribution in [3.05, 3.63) is 33.5 Å². The van der Waals surface area contributed by atoms with E-state index in [1.165, 1.54) is 11.8 Å². The molecule has 2 aromatic rings. The molecule has 88 valence electrons. The van der Waals surface area contributed by atoms with Crippen LogP contribution in [0, 0.1) is 0 Å². The second kappa shape index (κ2) is 5.79. The van der Waals surface area contributed by atoms with Gasteiger partial charge in [0, 0.05) is 19.4 Å². The first kappa shape index (κ1) is 12.8. The van der Waals surface area contributed by atoms with Crippen LogP contribution in [0.15, 0.2) is 43.5 Å². The van der Waals surface area contributed by atoms with Crippen molar-refractivity contribution in [2.24, 2.45) is 0 Å². The number of nitrogens with one attached hydrogen (secondary N) is 1. The maximum absolute atomic E-state index is 4.36. The highest BCUT2D eigenvalue weighted by Gasteiger charge is 2.09. The van der Waals surface area contributed by atoms with Crippen molar-refractivity contribution in [1.29, 1.82) is 0 Å². The molecular formula is C10H8Br2N4S. The van der Waals surface area contributed by atoms with E-state index >= 15 is 0 Å². The number of nitrogens with zero attached hydrogens (tertiary/aromatic N) is 3. The predicted octanol–water partition coefficient (Wildman–Crippen LogP) is 3.59. The van der Waals surface area contributed by atoms with Crippen molar-refractivity contribution in [2.75, 3.05) is 12.4 Å². The summed E-state index contributed by atoms with van der Waals surface area (Å²) in [5.41, 5.74) is 0. The van der Waals surface area contributed by atoms with Gasteiger partial charge in [0.1, 0.15) is 10.1 Å². The Kier molecular flexibility index (Phi) is 4.36. The smallest absolute Gasteiger partial charge is 0.223 e. The molecule has 7 heteroatoms. The number of hydrogen-bond acceptors (Lipinski definition) is 5. The van der Waals surface area contributed by atoms with E-state index in [9.17, 15) is 0 Å². The van der Waals surface area contributed by atoms with E-state index in [1.807, 2.05) is 12.1 Å². The van der Waals surface area contributed by atoms with Crippen LogP contribution in [0.4, 0.5) is 5.95 Å². The average molecular weight is 376 g/mol. The summed E-state index contributed by atoms with van der Waals surface area (Å²) in [5, 5.41) is 4.60. The zero-order valence-corrected chi connectivity index (χ0v) is 12.8. The summed E-state index contributed by atoms with van der Waals surface area (Å²) >= 11 is 8.36. The summed E-state index contributed by atoms with van der Waals surface area (Å²) in [4.78, 5) is 12.8. The Bertz CT molecular complexity index is 535. The van der Waals surface area contributed by atoms with Crippen molar-refractivity contribution < 1.29 is 0 Å². The highest BCUT2D eigenvalue weighted by Crippen LogP contribution is 2.34. The average Bonchev–Trinajstić information content (AvgIpc) is 2.35. The third-order valence-corrected chi connectivity index (χ3v) is 4.62. The highest BCUT2D eigenvalue weighted by molar-refractivity contribution is 9.11. The lowest BCUT2D eigenvalue weighted by molar-refractivity contribution is 1.01. The number of hydrogen-bond donors (Lipinski definition) is 1. The topological polar surface area (TPSA) is 50.7 Å². The fourth-order valence-corrected chi connectivity index (χ4v) is 2.76. The first-order chi connectivity index (χ1) is 8.20. The van der Waals surface area contributed by atoms with Crippen molar-refractivity contribution in [1.82, 2.24) is 15.0 Å². The van der Waals surface area contributed by atoms with Crippen molar-refractivity contribution in [3.63, 3.8) is 0 Å². The molecule has 2 heterocycles. The standard InChI is InChI=1S/C10H8Br2N4S/c1-13-10-15-5-7(12)9(16-10)17-8-6(11)3-2-4-14-8/h2-5H,1H3,(H,13,15,16). The number of halogens is 2. The summed E-state index contributed by atoms with van der Waals surface area (Å²) in [7, 11) is 1.79. The van der Waals surface area contributed by atoms with Gasteiger partial charge in [0.15, 0.2) is 0 Å². The minimum Gasteiger partial charge on any atom is -0.357 e. The van der Waals surface area contributed by atoms with E-state index in [0.717, 1.165) is 19.0 Å². The van der Waals surface area contributed by atoms with E-state index in [0.29, 0.717) is 5.95 Å². The second-order valence-corrected chi connectivity index (χ2v) is 5.68. The van der Waals surface area contributed by atoms with Gasteiger partial charge in [-0.15, -0.1) is 0 Å². The molecule has 0 bridgehead atoms. The Morgan fingerprint density at radius 1 is 1.18 bits per heavy atom. The molecule has 0 aliphatic rings. The van der Waals surface area contributed by atoms with Gasteiger partial charge in [-0.2, -0.15) is 0 Å². The van der Waals surface area contributed by atoms with E-state index in [4.69, 9.17) is 0 Å². The van der Waals surface area contributed by atoms with Crippen molar-refractivity contribution in [2.45, 2.75) is 10.1 Å². The monoisotopic (exact) mass is 374 g/mol. The SMILES string of the molecule is CNc1ncc(Br)c(Sc2ncccc2Br)n1. The van der Waals surface area contributed by atoms with Crippen LogP contribution in [0.5, 0.6) is 0 Å². The molecule has 17 heavy (non-hydrogen) atoms. The van der Waals surface area contributed by atoms with Crippen LogP contribution in [0.1, 0.15) is 0 Å². The molecule has 0 aliphatic heterocycles. The molecule has 0 saturated heterocycles. The maximum Gasteiger partial charge on any atom is 0.223 e. The fraction of sp³-hybridized carbons (Fsp3) is 0.100. The zero-order valence-electron chi connectivity index (χ0n) is 8.82.